The summed E-state index contributed by atoms with van der Waals surface area (Å²) in [6, 6.07) is 6.91. The summed E-state index contributed by atoms with van der Waals surface area (Å²) >= 11 is 0. The van der Waals surface area contributed by atoms with E-state index in [1.165, 1.54) is 0 Å². The zero-order valence-electron chi connectivity index (χ0n) is 12.5. The van der Waals surface area contributed by atoms with Gasteiger partial charge in [0.2, 0.25) is 5.91 Å². The van der Waals surface area contributed by atoms with E-state index in [0.29, 0.717) is 12.7 Å². The first-order chi connectivity index (χ1) is 10.5. The number of para-hydroxylation sites is 1. The van der Waals surface area contributed by atoms with Crippen molar-refractivity contribution in [2.75, 3.05) is 6.61 Å². The number of amides is 2. The van der Waals surface area contributed by atoms with E-state index < -0.39 is 36.6 Å². The molecule has 128 valence electrons. The van der Waals surface area contributed by atoms with Crippen LogP contribution >= 0.6 is 0 Å². The molecule has 9 heteroatoms. The Labute approximate surface area is 130 Å². The number of aryl methyl sites for hydroxylation is 1. The van der Waals surface area contributed by atoms with Gasteiger partial charge in [0.1, 0.15) is 5.75 Å². The molecule has 0 aliphatic rings. The predicted molar refractivity (Wildman–Crippen MR) is 74.3 cm³/mol. The van der Waals surface area contributed by atoms with Crippen LogP contribution in [0, 0.1) is 6.92 Å². The van der Waals surface area contributed by atoms with Crippen LogP contribution in [0.3, 0.4) is 0 Å². The second kappa shape index (κ2) is 7.32. The van der Waals surface area contributed by atoms with Crippen LogP contribution in [0.4, 0.5) is 13.2 Å². The topological polar surface area (TPSA) is 87.7 Å². The average molecular weight is 334 g/mol. The molecule has 0 saturated carbocycles. The van der Waals surface area contributed by atoms with Gasteiger partial charge in [-0.3, -0.25) is 20.4 Å². The van der Waals surface area contributed by atoms with E-state index in [-0.39, 0.29) is 0 Å². The third kappa shape index (κ3) is 5.78. The normalized spacial score (nSPS) is 13.8. The second-order valence-corrected chi connectivity index (χ2v) is 5.10. The number of halogens is 3. The van der Waals surface area contributed by atoms with Gasteiger partial charge >= 0.3 is 6.18 Å². The highest BCUT2D eigenvalue weighted by Crippen LogP contribution is 2.32. The van der Waals surface area contributed by atoms with E-state index in [0.717, 1.165) is 5.56 Å². The van der Waals surface area contributed by atoms with Crippen molar-refractivity contribution in [2.24, 2.45) is 0 Å². The maximum atomic E-state index is 12.4. The maximum Gasteiger partial charge on any atom is 0.417 e. The van der Waals surface area contributed by atoms with Gasteiger partial charge in [0.25, 0.3) is 5.91 Å². The number of rotatable bonds is 5. The van der Waals surface area contributed by atoms with Gasteiger partial charge in [0.05, 0.1) is 6.42 Å². The molecule has 0 fully saturated rings. The smallest absolute Gasteiger partial charge is 0.417 e. The molecule has 3 N–H and O–H groups in total. The molecule has 1 aromatic rings. The molecule has 0 aliphatic carbocycles. The van der Waals surface area contributed by atoms with Crippen LogP contribution in [0.5, 0.6) is 5.75 Å². The lowest BCUT2D eigenvalue weighted by Gasteiger charge is -2.25. The van der Waals surface area contributed by atoms with Gasteiger partial charge in [-0.1, -0.05) is 18.2 Å². The van der Waals surface area contributed by atoms with Crippen molar-refractivity contribution in [3.05, 3.63) is 29.8 Å². The van der Waals surface area contributed by atoms with E-state index in [1.807, 2.05) is 5.43 Å². The van der Waals surface area contributed by atoms with Crippen LogP contribution in [0.2, 0.25) is 0 Å². The minimum absolute atomic E-state index is 0.430. The van der Waals surface area contributed by atoms with Crippen LogP contribution in [0.25, 0.3) is 0 Å². The van der Waals surface area contributed by atoms with Gasteiger partial charge in [-0.2, -0.15) is 13.2 Å². The average Bonchev–Trinajstić information content (AvgIpc) is 2.42. The van der Waals surface area contributed by atoms with Crippen molar-refractivity contribution in [2.45, 2.75) is 32.0 Å². The summed E-state index contributed by atoms with van der Waals surface area (Å²) in [5, 5.41) is 9.15. The van der Waals surface area contributed by atoms with E-state index in [4.69, 9.17) is 9.84 Å². The molecule has 0 heterocycles. The Morgan fingerprint density at radius 3 is 2.30 bits per heavy atom. The van der Waals surface area contributed by atoms with E-state index >= 15 is 0 Å². The fourth-order valence-electron chi connectivity index (χ4n) is 1.49. The van der Waals surface area contributed by atoms with Gasteiger partial charge in [0.15, 0.2) is 12.2 Å². The van der Waals surface area contributed by atoms with E-state index in [1.54, 1.807) is 36.6 Å². The number of nitrogens with one attached hydrogen (secondary N) is 2. The van der Waals surface area contributed by atoms with Crippen LogP contribution in [0.1, 0.15) is 18.9 Å². The second-order valence-electron chi connectivity index (χ2n) is 5.10. The summed E-state index contributed by atoms with van der Waals surface area (Å²) in [4.78, 5) is 22.8. The Morgan fingerprint density at radius 1 is 1.17 bits per heavy atom. The molecular formula is C14H17F3N2O4. The molecule has 0 unspecified atom stereocenters. The Kier molecular flexibility index (Phi) is 5.97. The summed E-state index contributed by atoms with van der Waals surface area (Å²) in [5.74, 6) is -1.47. The molecular weight excluding hydrogens is 317 g/mol. The van der Waals surface area contributed by atoms with Gasteiger partial charge in [-0.15, -0.1) is 0 Å². The highest BCUT2D eigenvalue weighted by Gasteiger charge is 2.51. The molecule has 0 aromatic heterocycles. The highest BCUT2D eigenvalue weighted by atomic mass is 19.4. The van der Waals surface area contributed by atoms with E-state index in [2.05, 4.69) is 0 Å². The van der Waals surface area contributed by atoms with Gasteiger partial charge in [0, 0.05) is 0 Å². The number of ether oxygens (including phenoxy) is 1. The van der Waals surface area contributed by atoms with Crippen molar-refractivity contribution in [1.29, 1.82) is 0 Å². The molecule has 2 amide bonds. The van der Waals surface area contributed by atoms with Crippen molar-refractivity contribution >= 4 is 11.8 Å². The van der Waals surface area contributed by atoms with Gasteiger partial charge in [-0.25, -0.2) is 0 Å². The Balaban J connectivity index is 2.39. The lowest BCUT2D eigenvalue weighted by Crippen LogP contribution is -2.50. The van der Waals surface area contributed by atoms with Crippen LogP contribution in [-0.4, -0.2) is 35.3 Å². The van der Waals surface area contributed by atoms with E-state index in [9.17, 15) is 22.8 Å². The van der Waals surface area contributed by atoms with Crippen molar-refractivity contribution in [1.82, 2.24) is 10.9 Å². The minimum Gasteiger partial charge on any atom is -0.483 e. The maximum absolute atomic E-state index is 12.4. The summed E-state index contributed by atoms with van der Waals surface area (Å²) in [5.41, 5.74) is 1.30. The molecule has 1 rings (SSSR count). The quantitative estimate of drug-likeness (QED) is 0.707. The zero-order chi connectivity index (χ0) is 17.7. The van der Waals surface area contributed by atoms with Crippen molar-refractivity contribution in [3.8, 4) is 5.75 Å². The molecule has 6 nitrogen and oxygen atoms in total. The number of benzene rings is 1. The molecule has 0 bridgehead atoms. The molecule has 23 heavy (non-hydrogen) atoms. The Hall–Kier alpha value is -2.29. The van der Waals surface area contributed by atoms with Gasteiger partial charge in [-0.05, 0) is 25.5 Å². The van der Waals surface area contributed by atoms with Crippen molar-refractivity contribution < 1.29 is 32.6 Å². The lowest BCUT2D eigenvalue weighted by atomic mass is 10.0. The Bertz CT molecular complexity index is 573. The van der Waals surface area contributed by atoms with Crippen molar-refractivity contribution in [3.63, 3.8) is 0 Å². The van der Waals surface area contributed by atoms with Crippen LogP contribution in [0.15, 0.2) is 24.3 Å². The van der Waals surface area contributed by atoms with Crippen LogP contribution in [-0.2, 0) is 9.59 Å². The fraction of sp³-hybridized carbons (Fsp3) is 0.429. The summed E-state index contributed by atoms with van der Waals surface area (Å²) in [7, 11) is 0. The number of carbonyl (C=O) groups excluding carboxylic acids is 2. The highest BCUT2D eigenvalue weighted by molar-refractivity contribution is 5.83. The first-order valence-electron chi connectivity index (χ1n) is 6.58. The summed E-state index contributed by atoms with van der Waals surface area (Å²) in [6.45, 7) is 1.81. The van der Waals surface area contributed by atoms with Crippen LogP contribution < -0.4 is 15.6 Å². The SMILES string of the molecule is Cc1ccccc1OCC(=O)NNC(=O)C[C@](C)(O)C(F)(F)F. The molecule has 0 aliphatic heterocycles. The number of hydrogen-bond acceptors (Lipinski definition) is 4. The number of alkyl halides is 3. The third-order valence-electron chi connectivity index (χ3n) is 2.91. The largest absolute Gasteiger partial charge is 0.483 e. The Morgan fingerprint density at radius 2 is 1.74 bits per heavy atom. The number of carbonyl (C=O) groups is 2. The number of aliphatic hydroxyl groups is 1. The fourth-order valence-corrected chi connectivity index (χ4v) is 1.49. The third-order valence-corrected chi connectivity index (χ3v) is 2.91. The monoisotopic (exact) mass is 334 g/mol. The molecule has 1 aromatic carbocycles. The van der Waals surface area contributed by atoms with Gasteiger partial charge < -0.3 is 9.84 Å². The molecule has 0 spiro atoms. The standard InChI is InChI=1S/C14H17F3N2O4/c1-9-5-3-4-6-10(9)23-8-12(21)19-18-11(20)7-13(2,22)14(15,16)17/h3-6,22H,7-8H2,1-2H3,(H,18,20)(H,19,21)/t13-/m0/s1. The zero-order valence-corrected chi connectivity index (χ0v) is 12.5. The first-order valence-corrected chi connectivity index (χ1v) is 6.58. The molecule has 1 atom stereocenters. The molecule has 0 radical (unpaired) electrons. The minimum atomic E-state index is -4.96. The first kappa shape index (κ1) is 18.8. The summed E-state index contributed by atoms with van der Waals surface area (Å²) < 4.78 is 42.4. The number of hydrazine groups is 1. The summed E-state index contributed by atoms with van der Waals surface area (Å²) in [6.07, 6.45) is -6.20. The lowest BCUT2D eigenvalue weighted by molar-refractivity contribution is -0.253. The number of hydrogen-bond donors (Lipinski definition) is 3. The molecule has 0 saturated heterocycles. The predicted octanol–water partition coefficient (Wildman–Crippen LogP) is 1.22.